The molecule has 5 heteroatoms. The highest BCUT2D eigenvalue weighted by Gasteiger charge is 2.44. The Morgan fingerprint density at radius 2 is 2.07 bits per heavy atom. The SMILES string of the molecule is Nc1ccc2c(c1)CN[C@@H]2C(F)(F)F. The Morgan fingerprint density at radius 3 is 2.71 bits per heavy atom. The van der Waals surface area contributed by atoms with Crippen molar-refractivity contribution in [3.05, 3.63) is 29.3 Å². The zero-order valence-electron chi connectivity index (χ0n) is 7.23. The van der Waals surface area contributed by atoms with Crippen molar-refractivity contribution in [2.24, 2.45) is 0 Å². The highest BCUT2D eigenvalue weighted by Crippen LogP contribution is 2.38. The Bertz CT molecular complexity index is 360. The van der Waals surface area contributed by atoms with E-state index in [-0.39, 0.29) is 12.1 Å². The van der Waals surface area contributed by atoms with E-state index in [1.54, 1.807) is 6.07 Å². The fourth-order valence-corrected chi connectivity index (χ4v) is 1.67. The van der Waals surface area contributed by atoms with Crippen LogP contribution in [0.5, 0.6) is 0 Å². The van der Waals surface area contributed by atoms with E-state index in [0.29, 0.717) is 11.3 Å². The van der Waals surface area contributed by atoms with Crippen LogP contribution in [0.15, 0.2) is 18.2 Å². The predicted molar refractivity (Wildman–Crippen MR) is 46.5 cm³/mol. The van der Waals surface area contributed by atoms with Crippen LogP contribution in [0.2, 0.25) is 0 Å². The normalized spacial score (nSPS) is 20.9. The minimum atomic E-state index is -4.23. The van der Waals surface area contributed by atoms with Gasteiger partial charge in [0.2, 0.25) is 0 Å². The molecule has 76 valence electrons. The van der Waals surface area contributed by atoms with Gasteiger partial charge in [0.25, 0.3) is 0 Å². The van der Waals surface area contributed by atoms with Crippen LogP contribution in [0.25, 0.3) is 0 Å². The van der Waals surface area contributed by atoms with Crippen LogP contribution in [0.1, 0.15) is 17.2 Å². The van der Waals surface area contributed by atoms with Crippen LogP contribution in [-0.4, -0.2) is 6.18 Å². The van der Waals surface area contributed by atoms with Crippen LogP contribution in [0.3, 0.4) is 0 Å². The van der Waals surface area contributed by atoms with Gasteiger partial charge in [0.15, 0.2) is 0 Å². The predicted octanol–water partition coefficient (Wildman–Crippen LogP) is 1.98. The van der Waals surface area contributed by atoms with E-state index in [9.17, 15) is 13.2 Å². The fourth-order valence-electron chi connectivity index (χ4n) is 1.67. The molecule has 1 aliphatic heterocycles. The lowest BCUT2D eigenvalue weighted by molar-refractivity contribution is -0.155. The van der Waals surface area contributed by atoms with E-state index < -0.39 is 12.2 Å². The molecule has 0 aliphatic carbocycles. The summed E-state index contributed by atoms with van der Waals surface area (Å²) in [5.74, 6) is 0. The van der Waals surface area contributed by atoms with Gasteiger partial charge >= 0.3 is 6.18 Å². The molecule has 2 rings (SSSR count). The maximum atomic E-state index is 12.4. The number of hydrogen-bond donors (Lipinski definition) is 2. The Kier molecular flexibility index (Phi) is 1.92. The minimum Gasteiger partial charge on any atom is -0.399 e. The molecule has 0 saturated heterocycles. The average Bonchev–Trinajstić information content (AvgIpc) is 2.45. The molecular formula is C9H9F3N2. The summed E-state index contributed by atoms with van der Waals surface area (Å²) in [7, 11) is 0. The first-order valence-electron chi connectivity index (χ1n) is 4.17. The number of alkyl halides is 3. The van der Waals surface area contributed by atoms with E-state index in [1.807, 2.05) is 0 Å². The number of nitrogens with one attached hydrogen (secondary N) is 1. The zero-order valence-corrected chi connectivity index (χ0v) is 7.23. The van der Waals surface area contributed by atoms with Gasteiger partial charge < -0.3 is 5.73 Å². The van der Waals surface area contributed by atoms with Crippen molar-refractivity contribution in [2.45, 2.75) is 18.8 Å². The largest absolute Gasteiger partial charge is 0.407 e. The Balaban J connectivity index is 2.41. The number of anilines is 1. The van der Waals surface area contributed by atoms with Crippen molar-refractivity contribution in [3.63, 3.8) is 0 Å². The van der Waals surface area contributed by atoms with Gasteiger partial charge in [0.05, 0.1) is 0 Å². The second-order valence-electron chi connectivity index (χ2n) is 3.31. The van der Waals surface area contributed by atoms with Crippen LogP contribution in [0, 0.1) is 0 Å². The first-order valence-corrected chi connectivity index (χ1v) is 4.17. The fraction of sp³-hybridized carbons (Fsp3) is 0.333. The van der Waals surface area contributed by atoms with E-state index in [4.69, 9.17) is 5.73 Å². The standard InChI is InChI=1S/C9H9F3N2/c10-9(11,12)8-7-2-1-6(13)3-5(7)4-14-8/h1-3,8,14H,4,13H2/t8-/m0/s1. The van der Waals surface area contributed by atoms with Crippen molar-refractivity contribution in [3.8, 4) is 0 Å². The van der Waals surface area contributed by atoms with Gasteiger partial charge in [0.1, 0.15) is 6.04 Å². The molecule has 1 atom stereocenters. The summed E-state index contributed by atoms with van der Waals surface area (Å²) in [4.78, 5) is 0. The van der Waals surface area contributed by atoms with E-state index in [1.165, 1.54) is 12.1 Å². The Morgan fingerprint density at radius 1 is 1.36 bits per heavy atom. The number of rotatable bonds is 0. The molecule has 0 saturated carbocycles. The van der Waals surface area contributed by atoms with E-state index in [2.05, 4.69) is 5.32 Å². The summed E-state index contributed by atoms with van der Waals surface area (Å²) >= 11 is 0. The third-order valence-corrected chi connectivity index (χ3v) is 2.30. The topological polar surface area (TPSA) is 38.0 Å². The number of nitrogens with two attached hydrogens (primary N) is 1. The Hall–Kier alpha value is -1.23. The number of nitrogen functional groups attached to an aromatic ring is 1. The molecule has 2 nitrogen and oxygen atoms in total. The van der Waals surface area contributed by atoms with Gasteiger partial charge in [-0.25, -0.2) is 0 Å². The smallest absolute Gasteiger partial charge is 0.399 e. The molecule has 3 N–H and O–H groups in total. The molecule has 0 fully saturated rings. The summed E-state index contributed by atoms with van der Waals surface area (Å²) in [5.41, 5.74) is 6.89. The quantitative estimate of drug-likeness (QED) is 0.631. The molecule has 0 amide bonds. The summed E-state index contributed by atoms with van der Waals surface area (Å²) in [6, 6.07) is 2.96. The molecule has 0 spiro atoms. The Labute approximate surface area is 78.9 Å². The van der Waals surface area contributed by atoms with Crippen LogP contribution in [-0.2, 0) is 6.54 Å². The summed E-state index contributed by atoms with van der Waals surface area (Å²) < 4.78 is 37.3. The number of benzene rings is 1. The van der Waals surface area contributed by atoms with Crippen molar-refractivity contribution >= 4 is 5.69 Å². The monoisotopic (exact) mass is 202 g/mol. The maximum Gasteiger partial charge on any atom is 0.407 e. The number of halogens is 3. The minimum absolute atomic E-state index is 0.227. The second kappa shape index (κ2) is 2.88. The van der Waals surface area contributed by atoms with Crippen LogP contribution in [0.4, 0.5) is 18.9 Å². The molecule has 0 bridgehead atoms. The zero-order chi connectivity index (χ0) is 10.3. The molecule has 1 aromatic carbocycles. The molecule has 0 aromatic heterocycles. The van der Waals surface area contributed by atoms with Crippen LogP contribution < -0.4 is 11.1 Å². The highest BCUT2D eigenvalue weighted by atomic mass is 19.4. The van der Waals surface area contributed by atoms with Gasteiger partial charge in [0, 0.05) is 12.2 Å². The van der Waals surface area contributed by atoms with Gasteiger partial charge in [-0.2, -0.15) is 13.2 Å². The van der Waals surface area contributed by atoms with Crippen molar-refractivity contribution in [1.29, 1.82) is 0 Å². The van der Waals surface area contributed by atoms with Crippen molar-refractivity contribution < 1.29 is 13.2 Å². The van der Waals surface area contributed by atoms with Crippen molar-refractivity contribution in [2.75, 3.05) is 5.73 Å². The summed E-state index contributed by atoms with van der Waals surface area (Å²) in [6.45, 7) is 0.227. The molecule has 1 heterocycles. The maximum absolute atomic E-state index is 12.4. The third kappa shape index (κ3) is 1.43. The lowest BCUT2D eigenvalue weighted by Gasteiger charge is -2.15. The van der Waals surface area contributed by atoms with Crippen LogP contribution >= 0.6 is 0 Å². The lowest BCUT2D eigenvalue weighted by Crippen LogP contribution is -2.28. The molecule has 0 unspecified atom stereocenters. The van der Waals surface area contributed by atoms with Crippen molar-refractivity contribution in [1.82, 2.24) is 5.32 Å². The molecule has 1 aromatic rings. The third-order valence-electron chi connectivity index (χ3n) is 2.30. The van der Waals surface area contributed by atoms with Gasteiger partial charge in [-0.3, -0.25) is 5.32 Å². The molecule has 0 radical (unpaired) electrons. The molecule has 1 aliphatic rings. The van der Waals surface area contributed by atoms with Gasteiger partial charge in [-0.15, -0.1) is 0 Å². The number of fused-ring (bicyclic) bond motifs is 1. The van der Waals surface area contributed by atoms with Gasteiger partial charge in [-0.05, 0) is 23.3 Å². The van der Waals surface area contributed by atoms with E-state index in [0.717, 1.165) is 0 Å². The highest BCUT2D eigenvalue weighted by molar-refractivity contribution is 5.47. The first-order chi connectivity index (χ1) is 6.48. The lowest BCUT2D eigenvalue weighted by atomic mass is 10.0. The molecular weight excluding hydrogens is 193 g/mol. The van der Waals surface area contributed by atoms with E-state index >= 15 is 0 Å². The summed E-state index contributed by atoms with van der Waals surface area (Å²) in [5, 5.41) is 2.41. The van der Waals surface area contributed by atoms with Gasteiger partial charge in [-0.1, -0.05) is 6.07 Å². The molecule has 14 heavy (non-hydrogen) atoms. The second-order valence-corrected chi connectivity index (χ2v) is 3.31. The number of hydrogen-bond acceptors (Lipinski definition) is 2. The average molecular weight is 202 g/mol. The summed E-state index contributed by atoms with van der Waals surface area (Å²) in [6.07, 6.45) is -4.23. The first kappa shape index (κ1) is 9.33.